The average Bonchev–Trinajstić information content (AvgIpc) is 3.19. The Bertz CT molecular complexity index is 807. The second kappa shape index (κ2) is 7.02. The third kappa shape index (κ3) is 3.51. The molecule has 0 radical (unpaired) electrons. The van der Waals surface area contributed by atoms with Crippen LogP contribution in [0.15, 0.2) is 24.3 Å². The topological polar surface area (TPSA) is 108 Å². The monoisotopic (exact) mass is 372 g/mol. The van der Waals surface area contributed by atoms with Crippen molar-refractivity contribution in [3.8, 4) is 0 Å². The molecule has 2 fully saturated rings. The highest BCUT2D eigenvalue weighted by molar-refractivity contribution is 6.07. The predicted octanol–water partition coefficient (Wildman–Crippen LogP) is 1.33. The molecule has 2 saturated heterocycles. The normalized spacial score (nSPS) is 24.7. The molecule has 1 aromatic rings. The Morgan fingerprint density at radius 2 is 2.04 bits per heavy atom. The summed E-state index contributed by atoms with van der Waals surface area (Å²) >= 11 is 0. The molecule has 0 saturated carbocycles. The number of carbonyl (C=O) groups excluding carboxylic acids is 4. The fraction of sp³-hybridized carbons (Fsp3) is 0.474. The number of imide groups is 1. The van der Waals surface area contributed by atoms with Crippen molar-refractivity contribution in [2.24, 2.45) is 5.92 Å². The standard InChI is InChI=1S/C19H24N4O4/c1-11(2)16(25)23-9-5-8-14(23)15(24)20-13-7-4-6-12(10-13)19(3)17(26)21-18(27)22-19/h4,6-7,10-11,14H,5,8-9H2,1-3H3,(H,20,24)(H2,21,22,26,27). The molecule has 2 atom stereocenters. The summed E-state index contributed by atoms with van der Waals surface area (Å²) in [4.78, 5) is 50.3. The lowest BCUT2D eigenvalue weighted by molar-refractivity contribution is -0.139. The molecule has 3 rings (SSSR count). The molecule has 0 aromatic heterocycles. The summed E-state index contributed by atoms with van der Waals surface area (Å²) in [6, 6.07) is 5.75. The van der Waals surface area contributed by atoms with Crippen molar-refractivity contribution in [1.29, 1.82) is 0 Å². The third-order valence-corrected chi connectivity index (χ3v) is 5.08. The van der Waals surface area contributed by atoms with E-state index >= 15 is 0 Å². The molecule has 2 aliphatic rings. The number of nitrogens with zero attached hydrogens (tertiary/aromatic N) is 1. The quantitative estimate of drug-likeness (QED) is 0.693. The molecule has 8 heteroatoms. The van der Waals surface area contributed by atoms with Crippen molar-refractivity contribution in [1.82, 2.24) is 15.5 Å². The average molecular weight is 372 g/mol. The summed E-state index contributed by atoms with van der Waals surface area (Å²) in [5.41, 5.74) is -0.119. The van der Waals surface area contributed by atoms with Gasteiger partial charge in [0.05, 0.1) is 0 Å². The van der Waals surface area contributed by atoms with E-state index in [1.54, 1.807) is 36.1 Å². The Morgan fingerprint density at radius 1 is 1.30 bits per heavy atom. The molecule has 5 amide bonds. The number of rotatable bonds is 4. The molecule has 27 heavy (non-hydrogen) atoms. The number of nitrogens with one attached hydrogen (secondary N) is 3. The maximum absolute atomic E-state index is 12.7. The van der Waals surface area contributed by atoms with Gasteiger partial charge in [-0.05, 0) is 37.5 Å². The number of hydrogen-bond acceptors (Lipinski definition) is 4. The molecule has 2 aliphatic heterocycles. The van der Waals surface area contributed by atoms with Crippen LogP contribution in [0.5, 0.6) is 0 Å². The van der Waals surface area contributed by atoms with Crippen molar-refractivity contribution in [3.63, 3.8) is 0 Å². The fourth-order valence-electron chi connectivity index (χ4n) is 3.51. The molecule has 2 unspecified atom stereocenters. The van der Waals surface area contributed by atoms with Crippen molar-refractivity contribution >= 4 is 29.4 Å². The maximum Gasteiger partial charge on any atom is 0.322 e. The van der Waals surface area contributed by atoms with E-state index in [-0.39, 0.29) is 17.7 Å². The highest BCUT2D eigenvalue weighted by Crippen LogP contribution is 2.27. The van der Waals surface area contributed by atoms with Crippen LogP contribution in [0.1, 0.15) is 39.2 Å². The minimum Gasteiger partial charge on any atom is -0.330 e. The predicted molar refractivity (Wildman–Crippen MR) is 98.7 cm³/mol. The van der Waals surface area contributed by atoms with Gasteiger partial charge in [0.1, 0.15) is 11.6 Å². The first kappa shape index (κ1) is 18.9. The van der Waals surface area contributed by atoms with Gasteiger partial charge >= 0.3 is 6.03 Å². The van der Waals surface area contributed by atoms with Crippen LogP contribution in [-0.2, 0) is 19.9 Å². The van der Waals surface area contributed by atoms with Crippen LogP contribution in [0.25, 0.3) is 0 Å². The Balaban J connectivity index is 1.77. The van der Waals surface area contributed by atoms with Crippen molar-refractivity contribution in [2.45, 2.75) is 45.2 Å². The van der Waals surface area contributed by atoms with Crippen molar-refractivity contribution in [2.75, 3.05) is 11.9 Å². The van der Waals surface area contributed by atoms with E-state index in [0.29, 0.717) is 24.2 Å². The number of urea groups is 1. The van der Waals surface area contributed by atoms with E-state index in [0.717, 1.165) is 6.42 Å². The molecule has 0 spiro atoms. The van der Waals surface area contributed by atoms with Crippen LogP contribution >= 0.6 is 0 Å². The first-order valence-electron chi connectivity index (χ1n) is 9.08. The van der Waals surface area contributed by atoms with Crippen molar-refractivity contribution in [3.05, 3.63) is 29.8 Å². The van der Waals surface area contributed by atoms with Crippen LogP contribution < -0.4 is 16.0 Å². The van der Waals surface area contributed by atoms with Gasteiger partial charge in [-0.1, -0.05) is 26.0 Å². The Kier molecular flexibility index (Phi) is 4.91. The molecular formula is C19H24N4O4. The highest BCUT2D eigenvalue weighted by atomic mass is 16.2. The second-order valence-corrected chi connectivity index (χ2v) is 7.45. The van der Waals surface area contributed by atoms with Gasteiger partial charge in [-0.3, -0.25) is 19.7 Å². The summed E-state index contributed by atoms with van der Waals surface area (Å²) in [5.74, 6) is -0.880. The maximum atomic E-state index is 12.7. The summed E-state index contributed by atoms with van der Waals surface area (Å²) in [5, 5.41) is 7.66. The molecule has 0 bridgehead atoms. The second-order valence-electron chi connectivity index (χ2n) is 7.45. The van der Waals surface area contributed by atoms with Gasteiger partial charge in [-0.2, -0.15) is 0 Å². The van der Waals surface area contributed by atoms with Gasteiger partial charge < -0.3 is 15.5 Å². The summed E-state index contributed by atoms with van der Waals surface area (Å²) in [6.45, 7) is 5.83. The van der Waals surface area contributed by atoms with E-state index in [9.17, 15) is 19.2 Å². The molecule has 2 heterocycles. The minimum absolute atomic E-state index is 0.0285. The number of amides is 5. The van der Waals surface area contributed by atoms with Gasteiger partial charge in [0.2, 0.25) is 11.8 Å². The van der Waals surface area contributed by atoms with Crippen LogP contribution in [0, 0.1) is 5.92 Å². The number of likely N-dealkylation sites (tertiary alicyclic amines) is 1. The van der Waals surface area contributed by atoms with E-state index in [1.165, 1.54) is 0 Å². The van der Waals surface area contributed by atoms with Gasteiger partial charge in [0.15, 0.2) is 0 Å². The smallest absolute Gasteiger partial charge is 0.322 e. The van der Waals surface area contributed by atoms with Crippen LogP contribution in [0.3, 0.4) is 0 Å². The van der Waals surface area contributed by atoms with Gasteiger partial charge in [0, 0.05) is 18.2 Å². The molecular weight excluding hydrogens is 348 g/mol. The SMILES string of the molecule is CC(C)C(=O)N1CCCC1C(=O)Nc1cccc(C2(C)NC(=O)NC2=O)c1. The lowest BCUT2D eigenvalue weighted by Crippen LogP contribution is -2.44. The van der Waals surface area contributed by atoms with Crippen molar-refractivity contribution < 1.29 is 19.2 Å². The molecule has 3 N–H and O–H groups in total. The Morgan fingerprint density at radius 3 is 2.67 bits per heavy atom. The van der Waals surface area contributed by atoms with E-state index in [2.05, 4.69) is 16.0 Å². The van der Waals surface area contributed by atoms with E-state index < -0.39 is 23.5 Å². The largest absolute Gasteiger partial charge is 0.330 e. The number of carbonyl (C=O) groups is 4. The number of benzene rings is 1. The molecule has 0 aliphatic carbocycles. The lowest BCUT2D eigenvalue weighted by Gasteiger charge is -2.26. The molecule has 1 aromatic carbocycles. The summed E-state index contributed by atoms with van der Waals surface area (Å²) < 4.78 is 0. The lowest BCUT2D eigenvalue weighted by atomic mass is 9.92. The van der Waals surface area contributed by atoms with Gasteiger partial charge in [-0.15, -0.1) is 0 Å². The number of hydrogen-bond donors (Lipinski definition) is 3. The third-order valence-electron chi connectivity index (χ3n) is 5.08. The first-order chi connectivity index (χ1) is 12.7. The molecule has 8 nitrogen and oxygen atoms in total. The van der Waals surface area contributed by atoms with Crippen LogP contribution in [0.2, 0.25) is 0 Å². The zero-order valence-electron chi connectivity index (χ0n) is 15.7. The number of anilines is 1. The van der Waals surface area contributed by atoms with Gasteiger partial charge in [0.25, 0.3) is 5.91 Å². The van der Waals surface area contributed by atoms with Crippen LogP contribution in [0.4, 0.5) is 10.5 Å². The minimum atomic E-state index is -1.19. The Labute approximate surface area is 157 Å². The fourth-order valence-corrected chi connectivity index (χ4v) is 3.51. The van der Waals surface area contributed by atoms with E-state index in [4.69, 9.17) is 0 Å². The van der Waals surface area contributed by atoms with Crippen LogP contribution in [-0.4, -0.2) is 41.2 Å². The highest BCUT2D eigenvalue weighted by Gasteiger charge is 2.43. The van der Waals surface area contributed by atoms with E-state index in [1.807, 2.05) is 13.8 Å². The first-order valence-corrected chi connectivity index (χ1v) is 9.08. The van der Waals surface area contributed by atoms with Gasteiger partial charge in [-0.25, -0.2) is 4.79 Å². The summed E-state index contributed by atoms with van der Waals surface area (Å²) in [6.07, 6.45) is 1.42. The summed E-state index contributed by atoms with van der Waals surface area (Å²) in [7, 11) is 0. The molecule has 144 valence electrons. The zero-order chi connectivity index (χ0) is 19.8. The Hall–Kier alpha value is -2.90. The zero-order valence-corrected chi connectivity index (χ0v) is 15.7.